The Morgan fingerprint density at radius 1 is 1.35 bits per heavy atom. The molecule has 0 aromatic rings. The average molecular weight is 278 g/mol. The van der Waals surface area contributed by atoms with Gasteiger partial charge in [-0.3, -0.25) is 4.79 Å². The van der Waals surface area contributed by atoms with E-state index in [2.05, 4.69) is 6.58 Å². The largest absolute Gasteiger partial charge is 0.457 e. The number of ether oxygens (including phenoxy) is 2. The molecule has 5 heteroatoms. The van der Waals surface area contributed by atoms with Gasteiger partial charge in [0.05, 0.1) is 18.1 Å². The quantitative estimate of drug-likeness (QED) is 0.519. The maximum atomic E-state index is 12.6. The van der Waals surface area contributed by atoms with Gasteiger partial charge < -0.3 is 14.6 Å². The van der Waals surface area contributed by atoms with Gasteiger partial charge >= 0.3 is 5.97 Å². The summed E-state index contributed by atoms with van der Waals surface area (Å²) in [6, 6.07) is 0. The molecule has 5 nitrogen and oxygen atoms in total. The van der Waals surface area contributed by atoms with Crippen LogP contribution in [0.1, 0.15) is 26.2 Å². The van der Waals surface area contributed by atoms with Crippen LogP contribution in [0.25, 0.3) is 0 Å². The summed E-state index contributed by atoms with van der Waals surface area (Å²) in [6.45, 7) is 6.04. The highest BCUT2D eigenvalue weighted by Gasteiger charge is 2.75. The van der Waals surface area contributed by atoms with E-state index in [1.165, 1.54) is 0 Å². The van der Waals surface area contributed by atoms with Gasteiger partial charge in [-0.05, 0) is 19.8 Å². The first-order valence-corrected chi connectivity index (χ1v) is 7.17. The van der Waals surface area contributed by atoms with Gasteiger partial charge in [0.1, 0.15) is 17.5 Å². The Balaban J connectivity index is 1.90. The summed E-state index contributed by atoms with van der Waals surface area (Å²) in [5, 5.41) is 11.3. The number of hydrogen-bond donors (Lipinski definition) is 1. The highest BCUT2D eigenvalue weighted by molar-refractivity contribution is 5.95. The molecule has 0 spiro atoms. The van der Waals surface area contributed by atoms with Crippen molar-refractivity contribution in [3.63, 3.8) is 0 Å². The van der Waals surface area contributed by atoms with E-state index in [1.807, 2.05) is 0 Å². The van der Waals surface area contributed by atoms with Crippen LogP contribution in [-0.2, 0) is 19.1 Å². The van der Waals surface area contributed by atoms with E-state index in [4.69, 9.17) is 9.47 Å². The van der Waals surface area contributed by atoms with Crippen LogP contribution in [0, 0.1) is 17.3 Å². The smallest absolute Gasteiger partial charge is 0.334 e. The maximum Gasteiger partial charge on any atom is 0.334 e. The SMILES string of the molecule is C=C1C(=O)OC2C1CCC1COC3CC(=O)C2(C)C13O. The van der Waals surface area contributed by atoms with Crippen molar-refractivity contribution in [2.45, 2.75) is 44.0 Å². The molecule has 6 atom stereocenters. The molecule has 1 N–H and O–H groups in total. The van der Waals surface area contributed by atoms with Crippen molar-refractivity contribution >= 4 is 11.8 Å². The van der Waals surface area contributed by atoms with E-state index in [-0.39, 0.29) is 24.0 Å². The fraction of sp³-hybridized carbons (Fsp3) is 0.733. The van der Waals surface area contributed by atoms with Crippen molar-refractivity contribution in [1.82, 2.24) is 0 Å². The molecule has 0 bridgehead atoms. The number of esters is 1. The number of hydrogen-bond acceptors (Lipinski definition) is 5. The molecular weight excluding hydrogens is 260 g/mol. The Hall–Kier alpha value is -1.20. The molecule has 0 aromatic carbocycles. The zero-order valence-corrected chi connectivity index (χ0v) is 11.4. The molecule has 0 aromatic heterocycles. The first-order valence-electron chi connectivity index (χ1n) is 7.17. The number of fused-ring (bicyclic) bond motifs is 2. The summed E-state index contributed by atoms with van der Waals surface area (Å²) in [5.74, 6) is -0.724. The highest BCUT2D eigenvalue weighted by Crippen LogP contribution is 2.61. The van der Waals surface area contributed by atoms with Crippen LogP contribution in [-0.4, -0.2) is 41.3 Å². The van der Waals surface area contributed by atoms with Crippen molar-refractivity contribution in [2.75, 3.05) is 6.61 Å². The first kappa shape index (κ1) is 12.5. The second-order valence-electron chi connectivity index (χ2n) is 6.71. The summed E-state index contributed by atoms with van der Waals surface area (Å²) in [5.41, 5.74) is -1.85. The standard InChI is InChI=1S/C15H18O5/c1-7-9-4-3-8-6-19-11-5-10(16)14(2,15(8,11)18)12(9)20-13(7)17/h8-9,11-12,18H,1,3-6H2,2H3. The van der Waals surface area contributed by atoms with Gasteiger partial charge in [-0.2, -0.15) is 0 Å². The van der Waals surface area contributed by atoms with E-state index in [0.29, 0.717) is 18.6 Å². The van der Waals surface area contributed by atoms with Gasteiger partial charge in [0.15, 0.2) is 0 Å². The lowest BCUT2D eigenvalue weighted by Gasteiger charge is -2.42. The molecule has 4 fully saturated rings. The molecule has 2 aliphatic heterocycles. The van der Waals surface area contributed by atoms with Crippen LogP contribution in [0.3, 0.4) is 0 Å². The van der Waals surface area contributed by atoms with Gasteiger partial charge in [-0.25, -0.2) is 4.79 Å². The summed E-state index contributed by atoms with van der Waals surface area (Å²) in [6.07, 6.45) is 0.581. The summed E-state index contributed by atoms with van der Waals surface area (Å²) in [4.78, 5) is 24.4. The highest BCUT2D eigenvalue weighted by atomic mass is 16.6. The fourth-order valence-corrected chi connectivity index (χ4v) is 4.85. The number of Topliss-reactive ketones (excluding diaryl/α,β-unsaturated/α-hetero) is 1. The van der Waals surface area contributed by atoms with E-state index in [1.54, 1.807) is 6.92 Å². The molecule has 2 saturated carbocycles. The molecule has 2 heterocycles. The molecule has 4 aliphatic rings. The maximum absolute atomic E-state index is 12.6. The number of rotatable bonds is 0. The predicted octanol–water partition coefficient (Wildman–Crippen LogP) is 0.603. The second-order valence-corrected chi connectivity index (χ2v) is 6.71. The summed E-state index contributed by atoms with van der Waals surface area (Å²) < 4.78 is 11.1. The number of carbonyl (C=O) groups excluding carboxylic acids is 2. The van der Waals surface area contributed by atoms with Crippen LogP contribution >= 0.6 is 0 Å². The van der Waals surface area contributed by atoms with Crippen molar-refractivity contribution in [1.29, 1.82) is 0 Å². The van der Waals surface area contributed by atoms with E-state index < -0.39 is 29.2 Å². The Labute approximate surface area is 116 Å². The van der Waals surface area contributed by atoms with Crippen LogP contribution in [0.15, 0.2) is 12.2 Å². The van der Waals surface area contributed by atoms with Crippen molar-refractivity contribution in [3.05, 3.63) is 12.2 Å². The minimum atomic E-state index is -1.21. The van der Waals surface area contributed by atoms with Gasteiger partial charge in [-0.1, -0.05) is 6.58 Å². The predicted molar refractivity (Wildman–Crippen MR) is 67.7 cm³/mol. The number of ketones is 1. The lowest BCUT2D eigenvalue weighted by molar-refractivity contribution is -0.172. The Morgan fingerprint density at radius 3 is 2.85 bits per heavy atom. The molecule has 2 aliphatic carbocycles. The second kappa shape index (κ2) is 3.52. The third-order valence-electron chi connectivity index (χ3n) is 6.10. The minimum absolute atomic E-state index is 0.0610. The van der Waals surface area contributed by atoms with Crippen LogP contribution in [0.4, 0.5) is 0 Å². The molecular formula is C15H18O5. The molecule has 108 valence electrons. The van der Waals surface area contributed by atoms with Gasteiger partial charge in [0.25, 0.3) is 0 Å². The van der Waals surface area contributed by atoms with Crippen LogP contribution in [0.5, 0.6) is 0 Å². The average Bonchev–Trinajstić information content (AvgIpc) is 2.91. The minimum Gasteiger partial charge on any atom is -0.457 e. The Kier molecular flexibility index (Phi) is 2.20. The molecule has 4 rings (SSSR count). The summed E-state index contributed by atoms with van der Waals surface area (Å²) in [7, 11) is 0. The van der Waals surface area contributed by atoms with E-state index in [9.17, 15) is 14.7 Å². The van der Waals surface area contributed by atoms with E-state index in [0.717, 1.165) is 6.42 Å². The number of aliphatic hydroxyl groups is 1. The Bertz CT molecular complexity index is 540. The Morgan fingerprint density at radius 2 is 2.10 bits per heavy atom. The lowest BCUT2D eigenvalue weighted by atomic mass is 9.65. The zero-order valence-electron chi connectivity index (χ0n) is 11.4. The fourth-order valence-electron chi connectivity index (χ4n) is 4.85. The monoisotopic (exact) mass is 278 g/mol. The zero-order chi connectivity index (χ0) is 14.3. The molecule has 6 unspecified atom stereocenters. The van der Waals surface area contributed by atoms with Crippen molar-refractivity contribution in [2.24, 2.45) is 17.3 Å². The van der Waals surface area contributed by atoms with Gasteiger partial charge in [0.2, 0.25) is 0 Å². The van der Waals surface area contributed by atoms with Gasteiger partial charge in [-0.15, -0.1) is 0 Å². The first-order chi connectivity index (χ1) is 9.40. The topological polar surface area (TPSA) is 72.8 Å². The van der Waals surface area contributed by atoms with Gasteiger partial charge in [0, 0.05) is 23.8 Å². The normalized spacial score (nSPS) is 53.6. The van der Waals surface area contributed by atoms with E-state index >= 15 is 0 Å². The van der Waals surface area contributed by atoms with Crippen molar-refractivity contribution in [3.8, 4) is 0 Å². The summed E-state index contributed by atoms with van der Waals surface area (Å²) >= 11 is 0. The van der Waals surface area contributed by atoms with Crippen LogP contribution < -0.4 is 0 Å². The molecule has 2 saturated heterocycles. The van der Waals surface area contributed by atoms with Crippen LogP contribution in [0.2, 0.25) is 0 Å². The lowest BCUT2D eigenvalue weighted by Crippen LogP contribution is -2.58. The third-order valence-corrected chi connectivity index (χ3v) is 6.10. The molecule has 0 amide bonds. The number of carbonyl (C=O) groups is 2. The van der Waals surface area contributed by atoms with Crippen molar-refractivity contribution < 1.29 is 24.2 Å². The molecule has 0 radical (unpaired) electrons. The molecule has 20 heavy (non-hydrogen) atoms. The third kappa shape index (κ3) is 1.10.